The molecular formula is C22H28N6O2S. The minimum Gasteiger partial charge on any atom is -0.338 e. The highest BCUT2D eigenvalue weighted by Gasteiger charge is 2.21. The minimum absolute atomic E-state index is 0.0198. The Labute approximate surface area is 185 Å². The maximum Gasteiger partial charge on any atom is 0.262 e. The summed E-state index contributed by atoms with van der Waals surface area (Å²) in [5.74, 6) is 1.89. The Bertz CT molecular complexity index is 1230. The number of rotatable bonds is 10. The molecule has 9 heteroatoms. The lowest BCUT2D eigenvalue weighted by Crippen LogP contribution is -2.23. The second-order valence-corrected chi connectivity index (χ2v) is 9.02. The minimum atomic E-state index is -0.0884. The number of hydrogen-bond donors (Lipinski definition) is 0. The van der Waals surface area contributed by atoms with Crippen molar-refractivity contribution in [2.45, 2.75) is 76.2 Å². The largest absolute Gasteiger partial charge is 0.338 e. The number of hydrogen-bond acceptors (Lipinski definition) is 7. The van der Waals surface area contributed by atoms with Gasteiger partial charge in [-0.15, -0.1) is 10.2 Å². The van der Waals surface area contributed by atoms with Crippen molar-refractivity contribution in [3.8, 4) is 0 Å². The molecule has 4 rings (SSSR count). The van der Waals surface area contributed by atoms with E-state index in [0.717, 1.165) is 49.9 Å². The molecule has 3 aromatic heterocycles. The van der Waals surface area contributed by atoms with Gasteiger partial charge in [0.15, 0.2) is 11.0 Å². The summed E-state index contributed by atoms with van der Waals surface area (Å²) in [6.45, 7) is 6.94. The number of benzene rings is 1. The monoisotopic (exact) mass is 440 g/mol. The summed E-state index contributed by atoms with van der Waals surface area (Å²) >= 11 is 1.51. The molecule has 0 amide bonds. The second kappa shape index (κ2) is 9.64. The van der Waals surface area contributed by atoms with E-state index >= 15 is 0 Å². The van der Waals surface area contributed by atoms with Crippen LogP contribution in [-0.4, -0.2) is 29.3 Å². The molecule has 0 aliphatic heterocycles. The molecule has 0 bridgehead atoms. The van der Waals surface area contributed by atoms with Crippen LogP contribution in [0.2, 0.25) is 0 Å². The van der Waals surface area contributed by atoms with E-state index < -0.39 is 0 Å². The summed E-state index contributed by atoms with van der Waals surface area (Å²) in [4.78, 5) is 17.7. The van der Waals surface area contributed by atoms with Crippen molar-refractivity contribution in [1.29, 1.82) is 0 Å². The molecule has 31 heavy (non-hydrogen) atoms. The van der Waals surface area contributed by atoms with Gasteiger partial charge in [-0.05, 0) is 31.9 Å². The fourth-order valence-electron chi connectivity index (χ4n) is 3.61. The molecule has 0 N–H and O–H groups in total. The number of para-hydroxylation sites is 1. The fourth-order valence-corrected chi connectivity index (χ4v) is 4.50. The summed E-state index contributed by atoms with van der Waals surface area (Å²) in [5.41, 5.74) is 0.789. The molecule has 0 aliphatic rings. The van der Waals surface area contributed by atoms with Crippen LogP contribution in [0.15, 0.2) is 38.7 Å². The lowest BCUT2D eigenvalue weighted by atomic mass is 10.2. The summed E-state index contributed by atoms with van der Waals surface area (Å²) in [7, 11) is 0. The SMILES string of the molecule is CCCCCn1c(=O)c2ccccc2n2c(SC(C)c3nc(CCCC)no3)nnc12. The average molecular weight is 441 g/mol. The van der Waals surface area contributed by atoms with Gasteiger partial charge in [-0.2, -0.15) is 4.98 Å². The van der Waals surface area contributed by atoms with Crippen molar-refractivity contribution in [3.63, 3.8) is 0 Å². The Morgan fingerprint density at radius 2 is 1.90 bits per heavy atom. The Morgan fingerprint density at radius 1 is 1.10 bits per heavy atom. The number of unbranched alkanes of at least 4 members (excludes halogenated alkanes) is 3. The number of thioether (sulfide) groups is 1. The maximum absolute atomic E-state index is 13.1. The van der Waals surface area contributed by atoms with Gasteiger partial charge in [-0.25, -0.2) is 0 Å². The molecule has 0 spiro atoms. The number of aromatic nitrogens is 6. The molecule has 1 aromatic carbocycles. The zero-order valence-electron chi connectivity index (χ0n) is 18.2. The van der Waals surface area contributed by atoms with Crippen molar-refractivity contribution < 1.29 is 4.52 Å². The first-order chi connectivity index (χ1) is 15.1. The third-order valence-electron chi connectivity index (χ3n) is 5.33. The van der Waals surface area contributed by atoms with Gasteiger partial charge in [0, 0.05) is 13.0 Å². The molecule has 0 fully saturated rings. The highest BCUT2D eigenvalue weighted by molar-refractivity contribution is 7.99. The van der Waals surface area contributed by atoms with Crippen LogP contribution < -0.4 is 5.56 Å². The normalized spacial score (nSPS) is 12.7. The molecule has 3 heterocycles. The van der Waals surface area contributed by atoms with Gasteiger partial charge in [0.1, 0.15) is 0 Å². The lowest BCUT2D eigenvalue weighted by molar-refractivity contribution is 0.374. The average Bonchev–Trinajstić information content (AvgIpc) is 3.42. The van der Waals surface area contributed by atoms with Gasteiger partial charge >= 0.3 is 0 Å². The van der Waals surface area contributed by atoms with Crippen LogP contribution in [0.4, 0.5) is 0 Å². The van der Waals surface area contributed by atoms with E-state index in [1.165, 1.54) is 11.8 Å². The number of nitrogens with zero attached hydrogens (tertiary/aromatic N) is 6. The molecule has 8 nitrogen and oxygen atoms in total. The van der Waals surface area contributed by atoms with E-state index in [1.54, 1.807) is 4.57 Å². The van der Waals surface area contributed by atoms with E-state index in [9.17, 15) is 4.79 Å². The van der Waals surface area contributed by atoms with E-state index in [0.29, 0.717) is 28.8 Å². The van der Waals surface area contributed by atoms with Crippen LogP contribution in [0, 0.1) is 0 Å². The quantitative estimate of drug-likeness (QED) is 0.258. The van der Waals surface area contributed by atoms with E-state index in [2.05, 4.69) is 34.2 Å². The van der Waals surface area contributed by atoms with Crippen LogP contribution in [0.3, 0.4) is 0 Å². The first-order valence-electron chi connectivity index (χ1n) is 11.0. The molecule has 4 aromatic rings. The smallest absolute Gasteiger partial charge is 0.262 e. The van der Waals surface area contributed by atoms with Gasteiger partial charge in [0.25, 0.3) is 5.56 Å². The zero-order chi connectivity index (χ0) is 21.8. The summed E-state index contributed by atoms with van der Waals surface area (Å²) in [6, 6.07) is 7.62. The van der Waals surface area contributed by atoms with E-state index in [1.807, 2.05) is 35.6 Å². The van der Waals surface area contributed by atoms with Crippen molar-refractivity contribution in [1.82, 2.24) is 29.3 Å². The van der Waals surface area contributed by atoms with Crippen molar-refractivity contribution >= 4 is 28.4 Å². The molecule has 1 unspecified atom stereocenters. The van der Waals surface area contributed by atoms with Crippen LogP contribution in [0.5, 0.6) is 0 Å². The highest BCUT2D eigenvalue weighted by Crippen LogP contribution is 2.34. The fraction of sp³-hybridized carbons (Fsp3) is 0.500. The van der Waals surface area contributed by atoms with Crippen molar-refractivity contribution in [3.05, 3.63) is 46.3 Å². The van der Waals surface area contributed by atoms with Crippen molar-refractivity contribution in [2.75, 3.05) is 0 Å². The number of aryl methyl sites for hydroxylation is 2. The lowest BCUT2D eigenvalue weighted by Gasteiger charge is -2.11. The second-order valence-electron chi connectivity index (χ2n) is 7.71. The molecular weight excluding hydrogens is 412 g/mol. The Balaban J connectivity index is 1.72. The standard InChI is InChI=1S/C22H28N6O2S/c1-4-6-10-14-27-20(29)16-11-8-9-12-17(16)28-21(27)24-25-22(28)31-15(3)19-23-18(26-30-19)13-7-5-2/h8-9,11-12,15H,4-7,10,13-14H2,1-3H3. The summed E-state index contributed by atoms with van der Waals surface area (Å²) in [5, 5.41) is 14.2. The van der Waals surface area contributed by atoms with Gasteiger partial charge in [0.05, 0.1) is 16.2 Å². The molecule has 0 radical (unpaired) electrons. The van der Waals surface area contributed by atoms with Gasteiger partial charge in [-0.3, -0.25) is 13.8 Å². The summed E-state index contributed by atoms with van der Waals surface area (Å²) in [6.07, 6.45) is 6.03. The number of fused-ring (bicyclic) bond motifs is 3. The summed E-state index contributed by atoms with van der Waals surface area (Å²) < 4.78 is 9.20. The Kier molecular flexibility index (Phi) is 6.70. The van der Waals surface area contributed by atoms with E-state index in [4.69, 9.17) is 4.52 Å². The molecule has 0 aliphatic carbocycles. The third-order valence-corrected chi connectivity index (χ3v) is 6.36. The van der Waals surface area contributed by atoms with Crippen LogP contribution in [-0.2, 0) is 13.0 Å². The van der Waals surface area contributed by atoms with E-state index in [-0.39, 0.29) is 10.8 Å². The van der Waals surface area contributed by atoms with Gasteiger partial charge in [0.2, 0.25) is 11.7 Å². The van der Waals surface area contributed by atoms with Gasteiger partial charge < -0.3 is 4.52 Å². The first-order valence-corrected chi connectivity index (χ1v) is 11.9. The first kappa shape index (κ1) is 21.5. The van der Waals surface area contributed by atoms with Crippen LogP contribution in [0.25, 0.3) is 16.7 Å². The molecule has 0 saturated heterocycles. The third kappa shape index (κ3) is 4.37. The zero-order valence-corrected chi connectivity index (χ0v) is 19.1. The Hall–Kier alpha value is -2.68. The Morgan fingerprint density at radius 3 is 2.71 bits per heavy atom. The van der Waals surface area contributed by atoms with Crippen LogP contribution in [0.1, 0.15) is 69.8 Å². The van der Waals surface area contributed by atoms with Gasteiger partial charge in [-0.1, -0.05) is 62.2 Å². The highest BCUT2D eigenvalue weighted by atomic mass is 32.2. The molecule has 1 atom stereocenters. The topological polar surface area (TPSA) is 91.1 Å². The molecule has 0 saturated carbocycles. The maximum atomic E-state index is 13.1. The predicted octanol–water partition coefficient (Wildman–Crippen LogP) is 4.81. The molecule has 164 valence electrons. The van der Waals surface area contributed by atoms with Crippen LogP contribution >= 0.6 is 11.8 Å². The van der Waals surface area contributed by atoms with Crippen molar-refractivity contribution in [2.24, 2.45) is 0 Å². The predicted molar refractivity (Wildman–Crippen MR) is 121 cm³/mol.